The highest BCUT2D eigenvalue weighted by Crippen LogP contribution is -0.287. The van der Waals surface area contributed by atoms with Crippen molar-refractivity contribution in [2.45, 2.75) is 0 Å². The molecule has 0 aromatic rings. The molecule has 0 radical (unpaired) electrons. The van der Waals surface area contributed by atoms with Gasteiger partial charge in [0.25, 0.3) is 0 Å². The van der Waals surface area contributed by atoms with Gasteiger partial charge in [-0.15, -0.1) is 0 Å². The molecule has 0 atom stereocenters. The molecule has 0 spiro atoms. The highest BCUT2D eigenvalue weighted by Gasteiger charge is -0.320. The Kier molecular flexibility index (Phi) is 6250000. The summed E-state index contributed by atoms with van der Waals surface area (Å²) in [7, 11) is 0. The van der Waals surface area contributed by atoms with Gasteiger partial charge >= 0.3 is 0 Å². The van der Waals surface area contributed by atoms with E-state index in [9.17, 15) is 0 Å². The van der Waals surface area contributed by atoms with E-state index in [1.807, 2.05) is 0 Å². The van der Waals surface area contributed by atoms with Gasteiger partial charge in [-0.05, 0) is 0 Å². The molecule has 0 amide bonds. The second-order valence-electron chi connectivity index (χ2n) is 0. The van der Waals surface area contributed by atoms with Gasteiger partial charge in [-0.25, -0.2) is 0 Å². The van der Waals surface area contributed by atoms with Crippen molar-refractivity contribution in [1.82, 2.24) is 148 Å². The van der Waals surface area contributed by atoms with Gasteiger partial charge in [0.05, 0.1) is 0 Å². The van der Waals surface area contributed by atoms with E-state index in [0.29, 0.717) is 0 Å². The summed E-state index contributed by atoms with van der Waals surface area (Å²) in [4.78, 5) is 0. The van der Waals surface area contributed by atoms with E-state index in [1.54, 1.807) is 0 Å². The summed E-state index contributed by atoms with van der Waals surface area (Å²) in [6.45, 7) is 0. The Morgan fingerprint density at radius 2 is 0.0741 bits per heavy atom. The first kappa shape index (κ1) is 13800. The highest BCUT2D eigenvalue weighted by atomic mass is 16.0. The normalized spacial score (nSPS) is 0. The molecule has 0 rings (SSSR count). The zero-order valence-corrected chi connectivity index (χ0v) is 18.5. The molecule has 27 heavy (non-hydrogen) atoms. The summed E-state index contributed by atoms with van der Waals surface area (Å²) < 4.78 is 0. The van der Waals surface area contributed by atoms with Gasteiger partial charge in [0.15, 0.2) is 0 Å². The Labute approximate surface area is 165 Å². The first-order valence-electron chi connectivity index (χ1n) is 0. The molecule has 0 bridgehead atoms. The molecule has 0 unspecified atom stereocenters. The molecule has 0 saturated carbocycles. The van der Waals surface area contributed by atoms with Crippen LogP contribution in [-0.2, 0) is 0 Å². The van der Waals surface area contributed by atoms with Gasteiger partial charge in [0, 0.05) is 0 Å². The fourth-order valence-electron chi connectivity index (χ4n) is 0. The van der Waals surface area contributed by atoms with Crippen molar-refractivity contribution in [2.24, 2.45) is 0 Å². The van der Waals surface area contributed by atoms with Gasteiger partial charge < -0.3 is 164 Å². The fourth-order valence-corrected chi connectivity index (χ4v) is 0. The van der Waals surface area contributed by atoms with Crippen LogP contribution in [0.3, 0.4) is 0 Å². The van der Waals surface area contributed by atoms with Crippen molar-refractivity contribution < 1.29 is 16.4 Å². The van der Waals surface area contributed by atoms with Crippen LogP contribution in [0, 0.1) is 0 Å². The predicted octanol–water partition coefficient (Wildman–Crippen LogP) is 1.41. The second-order valence-corrected chi connectivity index (χ2v) is 0. The van der Waals surface area contributed by atoms with E-state index in [2.05, 4.69) is 0 Å². The molecule has 0 aromatic carbocycles. The van der Waals surface area contributed by atoms with Crippen molar-refractivity contribution in [1.29, 1.82) is 0 Å². The highest BCUT2D eigenvalue weighted by molar-refractivity contribution is 2.16. The Bertz CT molecular complexity index is 13.6. The quantitative estimate of drug-likeness (QED) is 0.241. The summed E-state index contributed by atoms with van der Waals surface area (Å²) in [6.07, 6.45) is 0. The first-order chi connectivity index (χ1) is 0. The average Bonchev–Trinajstić information content (AvgIpc) is 0. The smallest absolute Gasteiger partial charge is 0.344 e. The number of rotatable bonds is 0. The summed E-state index contributed by atoms with van der Waals surface area (Å²) in [6, 6.07) is 0. The third-order valence-corrected chi connectivity index (χ3v) is 0. The minimum Gasteiger partial charge on any atom is -0.412 e. The summed E-state index contributed by atoms with van der Waals surface area (Å²) in [5.41, 5.74) is 0. The zero-order valence-electron chi connectivity index (χ0n) is 18.5. The molecule has 27 heteroatoms. The van der Waals surface area contributed by atoms with Crippen LogP contribution in [0.5, 0.6) is 0 Å². The van der Waals surface area contributed by atoms with Gasteiger partial charge in [-0.2, -0.15) is 0 Å². The molecule has 0 aliphatic heterocycles. The molecule has 78 N–H and O–H groups in total. The second kappa shape index (κ2) is 12200. The third-order valence-electron chi connectivity index (χ3n) is 0. The minimum atomic E-state index is 0. The van der Waals surface area contributed by atoms with Crippen molar-refractivity contribution in [3.8, 4) is 0 Å². The van der Waals surface area contributed by atoms with Crippen LogP contribution < -0.4 is 148 Å². The molecule has 0 heterocycles. The van der Waals surface area contributed by atoms with Crippen LogP contribution in [-0.4, -0.2) is 16.4 Å². The summed E-state index contributed by atoms with van der Waals surface area (Å²) >= 11 is 0. The Morgan fingerprint density at radius 3 is 0.0741 bits per heavy atom. The summed E-state index contributed by atoms with van der Waals surface area (Å²) in [5.74, 6) is 0. The van der Waals surface area contributed by atoms with Gasteiger partial charge in [0.2, 0.25) is 0 Å². The minimum absolute atomic E-state index is 0. The molecule has 0 aliphatic carbocycles. The van der Waals surface area contributed by atoms with Gasteiger partial charge in [-0.3, -0.25) is 0 Å². The van der Waals surface area contributed by atoms with Crippen molar-refractivity contribution in [2.75, 3.05) is 0 Å². The molecule has 0 fully saturated rings. The maximum absolute atomic E-state index is 0. The maximum atomic E-state index is 0. The molecule has 0 saturated heterocycles. The first-order valence-corrected chi connectivity index (χ1v) is 0. The Hall–Kier alpha value is -1.08. The lowest BCUT2D eigenvalue weighted by molar-refractivity contribution is 0.823. The van der Waals surface area contributed by atoms with E-state index in [-0.39, 0.29) is 164 Å². The Balaban J connectivity index is 0. The van der Waals surface area contributed by atoms with Crippen LogP contribution in [0.2, 0.25) is 0 Å². The van der Waals surface area contributed by atoms with Crippen LogP contribution in [0.4, 0.5) is 0 Å². The lowest BCUT2D eigenvalue weighted by Crippen LogP contribution is -0.482. The summed E-state index contributed by atoms with van der Waals surface area (Å²) in [5, 5.41) is 0. The van der Waals surface area contributed by atoms with E-state index < -0.39 is 0 Å². The molecule has 216 valence electrons. The number of hydrogen-bond acceptors (Lipinski definition) is 24. The van der Waals surface area contributed by atoms with Crippen LogP contribution in [0.15, 0.2) is 0 Å². The third kappa shape index (κ3) is 11200. The SMILES string of the molecule is N.N.N.N.N.N.N.N.N.N.N.N.N.N.N.N.N.N.N.N.N.N.N.N.O.O.O. The van der Waals surface area contributed by atoms with Crippen LogP contribution in [0.25, 0.3) is 0 Å². The lowest BCUT2D eigenvalue weighted by atomic mass is 14.0. The van der Waals surface area contributed by atoms with Gasteiger partial charge in [0.1, 0.15) is 0 Å². The van der Waals surface area contributed by atoms with Crippen molar-refractivity contribution >= 4 is 0 Å². The molecular weight excluding hydrogens is 384 g/mol. The maximum Gasteiger partial charge on any atom is -0.344 e. The predicted molar refractivity (Wildman–Crippen MR) is 131 cm³/mol. The van der Waals surface area contributed by atoms with Crippen molar-refractivity contribution in [3.63, 3.8) is 0 Å². The van der Waals surface area contributed by atoms with E-state index >= 15 is 0 Å². The van der Waals surface area contributed by atoms with Crippen LogP contribution in [0.1, 0.15) is 0 Å². The Morgan fingerprint density at radius 1 is 0.0741 bits per heavy atom. The van der Waals surface area contributed by atoms with Crippen molar-refractivity contribution in [3.05, 3.63) is 0 Å². The molecule has 0 aromatic heterocycles. The largest absolute Gasteiger partial charge is 0.412 e. The van der Waals surface area contributed by atoms with Gasteiger partial charge in [-0.1, -0.05) is 0 Å². The topological polar surface area (TPSA) is 934 Å². The fraction of sp³-hybridized carbons (Fsp3) is 0. The monoisotopic (exact) mass is 463 g/mol. The molecular formula is H78N24O3. The molecule has 27 nitrogen and oxygen atoms in total. The lowest BCUT2D eigenvalue weighted by Gasteiger charge is -0.413. The van der Waals surface area contributed by atoms with E-state index in [0.717, 1.165) is 0 Å². The van der Waals surface area contributed by atoms with E-state index in [1.165, 1.54) is 0 Å². The standard InChI is InChI=1S/24H3N.3H2O/h24*1H3;3*1H2. The van der Waals surface area contributed by atoms with Crippen LogP contribution >= 0.6 is 0 Å². The zero-order chi connectivity index (χ0) is 0. The average molecular weight is 463 g/mol. The van der Waals surface area contributed by atoms with E-state index in [4.69, 9.17) is 0 Å². The molecule has 0 aliphatic rings. The number of hydrogen-bond donors (Lipinski definition) is 24.